The molecule has 2 aromatic carbocycles. The van der Waals surface area contributed by atoms with Crippen LogP contribution in [-0.4, -0.2) is 40.3 Å². The highest BCUT2D eigenvalue weighted by atomic mass is 32.2. The molecule has 0 aliphatic heterocycles. The molecule has 0 aromatic heterocycles. The van der Waals surface area contributed by atoms with Gasteiger partial charge in [-0.3, -0.25) is 0 Å². The van der Waals surface area contributed by atoms with Gasteiger partial charge in [-0.25, -0.2) is 13.6 Å². The van der Waals surface area contributed by atoms with Gasteiger partial charge in [-0.15, -0.1) is 0 Å². The predicted octanol–water partition coefficient (Wildman–Crippen LogP) is 3.09. The predicted molar refractivity (Wildman–Crippen MR) is 122 cm³/mol. The van der Waals surface area contributed by atoms with Crippen LogP contribution in [0.15, 0.2) is 41.3 Å². The Morgan fingerprint density at radius 2 is 1.90 bits per heavy atom. The second-order valence-electron chi connectivity index (χ2n) is 7.58. The first-order valence-electron chi connectivity index (χ1n) is 10.6. The van der Waals surface area contributed by atoms with E-state index < -0.39 is 16.1 Å². The maximum atomic E-state index is 11.7. The van der Waals surface area contributed by atoms with Crippen molar-refractivity contribution in [2.45, 2.75) is 50.5 Å². The summed E-state index contributed by atoms with van der Waals surface area (Å²) in [6, 6.07) is 10.8. The van der Waals surface area contributed by atoms with Crippen molar-refractivity contribution in [3.63, 3.8) is 0 Å². The van der Waals surface area contributed by atoms with Crippen molar-refractivity contribution in [3.8, 4) is 11.5 Å². The Kier molecular flexibility index (Phi) is 9.77. The molecule has 0 spiro atoms. The van der Waals surface area contributed by atoms with Crippen LogP contribution < -0.4 is 19.9 Å². The van der Waals surface area contributed by atoms with E-state index in [1.807, 2.05) is 12.1 Å². The minimum Gasteiger partial charge on any atom is -0.493 e. The molecule has 4 N–H and O–H groups in total. The van der Waals surface area contributed by atoms with Gasteiger partial charge >= 0.3 is 0 Å². The Bertz CT molecular complexity index is 947. The fourth-order valence-electron chi connectivity index (χ4n) is 3.29. The van der Waals surface area contributed by atoms with E-state index in [9.17, 15) is 13.5 Å². The number of nitrogens with two attached hydrogens (primary N) is 1. The highest BCUT2D eigenvalue weighted by Crippen LogP contribution is 2.28. The molecular weight excluding hydrogens is 416 g/mol. The summed E-state index contributed by atoms with van der Waals surface area (Å²) in [7, 11) is -2.20. The van der Waals surface area contributed by atoms with E-state index in [4.69, 9.17) is 14.6 Å². The SMILES string of the molecule is CCCCCc1ccc(OCCNCC(O)c2ccc(C)c(S(N)(=O)=O)c2)c(OC)c1. The van der Waals surface area contributed by atoms with Crippen molar-refractivity contribution in [2.24, 2.45) is 5.14 Å². The van der Waals surface area contributed by atoms with E-state index in [0.717, 1.165) is 12.8 Å². The molecular formula is C23H34N2O5S. The summed E-state index contributed by atoms with van der Waals surface area (Å²) < 4.78 is 34.6. The molecule has 0 heterocycles. The van der Waals surface area contributed by atoms with Crippen LogP contribution in [0.2, 0.25) is 0 Å². The van der Waals surface area contributed by atoms with Crippen LogP contribution >= 0.6 is 0 Å². The molecule has 0 radical (unpaired) electrons. The van der Waals surface area contributed by atoms with E-state index in [1.165, 1.54) is 24.5 Å². The monoisotopic (exact) mass is 450 g/mol. The van der Waals surface area contributed by atoms with Gasteiger partial charge in [-0.05, 0) is 54.7 Å². The lowest BCUT2D eigenvalue weighted by molar-refractivity contribution is 0.171. The average Bonchev–Trinajstić information content (AvgIpc) is 2.73. The van der Waals surface area contributed by atoms with Crippen molar-refractivity contribution in [3.05, 3.63) is 53.1 Å². The number of hydrogen-bond acceptors (Lipinski definition) is 6. The Morgan fingerprint density at radius 3 is 2.58 bits per heavy atom. The number of primary sulfonamides is 1. The third-order valence-corrected chi connectivity index (χ3v) is 6.13. The molecule has 172 valence electrons. The second-order valence-corrected chi connectivity index (χ2v) is 9.11. The number of sulfonamides is 1. The molecule has 2 rings (SSSR count). The number of rotatable bonds is 13. The molecule has 0 fully saturated rings. The molecule has 2 aromatic rings. The Morgan fingerprint density at radius 1 is 1.13 bits per heavy atom. The first-order chi connectivity index (χ1) is 14.8. The lowest BCUT2D eigenvalue weighted by Gasteiger charge is -2.15. The lowest BCUT2D eigenvalue weighted by Crippen LogP contribution is -2.26. The van der Waals surface area contributed by atoms with Crippen LogP contribution in [-0.2, 0) is 16.4 Å². The van der Waals surface area contributed by atoms with Crippen molar-refractivity contribution in [1.29, 1.82) is 0 Å². The van der Waals surface area contributed by atoms with Gasteiger partial charge in [-0.2, -0.15) is 0 Å². The minimum atomic E-state index is -3.83. The number of unbranched alkanes of at least 4 members (excludes halogenated alkanes) is 2. The van der Waals surface area contributed by atoms with Crippen molar-refractivity contribution >= 4 is 10.0 Å². The zero-order chi connectivity index (χ0) is 22.9. The second kappa shape index (κ2) is 12.0. The molecule has 0 saturated heterocycles. The normalized spacial score (nSPS) is 12.5. The minimum absolute atomic E-state index is 0.0256. The summed E-state index contributed by atoms with van der Waals surface area (Å²) in [5, 5.41) is 18.7. The van der Waals surface area contributed by atoms with Crippen LogP contribution in [0.4, 0.5) is 0 Å². The number of aliphatic hydroxyl groups excluding tert-OH is 1. The van der Waals surface area contributed by atoms with Crippen molar-refractivity contribution in [2.75, 3.05) is 26.8 Å². The fraction of sp³-hybridized carbons (Fsp3) is 0.478. The van der Waals surface area contributed by atoms with E-state index in [0.29, 0.717) is 35.8 Å². The summed E-state index contributed by atoms with van der Waals surface area (Å²) in [6.45, 7) is 5.01. The number of benzene rings is 2. The summed E-state index contributed by atoms with van der Waals surface area (Å²) in [6.07, 6.45) is 3.72. The quantitative estimate of drug-likeness (QED) is 0.405. The number of methoxy groups -OCH3 is 1. The number of aliphatic hydroxyl groups is 1. The van der Waals surface area contributed by atoms with Crippen LogP contribution in [0.3, 0.4) is 0 Å². The Labute approximate surface area is 185 Å². The number of ether oxygens (including phenoxy) is 2. The highest BCUT2D eigenvalue weighted by Gasteiger charge is 2.15. The standard InChI is InChI=1S/C23H34N2O5S/c1-4-5-6-7-18-9-11-21(22(14-18)29-3)30-13-12-25-16-20(26)19-10-8-17(2)23(15-19)31(24,27)28/h8-11,14-15,20,25-26H,4-7,12-13,16H2,1-3H3,(H2,24,27,28). The van der Waals surface area contributed by atoms with Gasteiger partial charge in [0, 0.05) is 13.1 Å². The van der Waals surface area contributed by atoms with Gasteiger partial charge in [-0.1, -0.05) is 38.0 Å². The number of hydrogen-bond donors (Lipinski definition) is 3. The smallest absolute Gasteiger partial charge is 0.238 e. The molecule has 0 bridgehead atoms. The molecule has 0 saturated carbocycles. The zero-order valence-corrected chi connectivity index (χ0v) is 19.4. The molecule has 8 heteroatoms. The van der Waals surface area contributed by atoms with Crippen LogP contribution in [0, 0.1) is 6.92 Å². The van der Waals surface area contributed by atoms with E-state index >= 15 is 0 Å². The largest absolute Gasteiger partial charge is 0.493 e. The number of nitrogens with one attached hydrogen (secondary N) is 1. The molecule has 1 atom stereocenters. The van der Waals surface area contributed by atoms with Crippen LogP contribution in [0.5, 0.6) is 11.5 Å². The number of aryl methyl sites for hydroxylation is 2. The summed E-state index contributed by atoms with van der Waals surface area (Å²) >= 11 is 0. The molecule has 7 nitrogen and oxygen atoms in total. The topological polar surface area (TPSA) is 111 Å². The highest BCUT2D eigenvalue weighted by molar-refractivity contribution is 7.89. The maximum Gasteiger partial charge on any atom is 0.238 e. The van der Waals surface area contributed by atoms with Crippen molar-refractivity contribution in [1.82, 2.24) is 5.32 Å². The Hall–Kier alpha value is -2.13. The maximum absolute atomic E-state index is 11.7. The molecule has 0 amide bonds. The van der Waals surface area contributed by atoms with E-state index in [-0.39, 0.29) is 11.4 Å². The average molecular weight is 451 g/mol. The van der Waals surface area contributed by atoms with Gasteiger partial charge in [0.1, 0.15) is 6.61 Å². The summed E-state index contributed by atoms with van der Waals surface area (Å²) in [5.41, 5.74) is 2.27. The van der Waals surface area contributed by atoms with Crippen molar-refractivity contribution < 1.29 is 23.0 Å². The molecule has 1 unspecified atom stereocenters. The zero-order valence-electron chi connectivity index (χ0n) is 18.6. The van der Waals surface area contributed by atoms with Crippen LogP contribution in [0.1, 0.15) is 49.0 Å². The van der Waals surface area contributed by atoms with Gasteiger partial charge in [0.05, 0.1) is 18.1 Å². The first-order valence-corrected chi connectivity index (χ1v) is 12.1. The van der Waals surface area contributed by atoms with Gasteiger partial charge in [0.2, 0.25) is 10.0 Å². The first kappa shape index (κ1) is 25.1. The third-order valence-electron chi connectivity index (χ3n) is 5.07. The van der Waals surface area contributed by atoms with Gasteiger partial charge < -0.3 is 19.9 Å². The summed E-state index contributed by atoms with van der Waals surface area (Å²) in [4.78, 5) is 0.0256. The lowest BCUT2D eigenvalue weighted by atomic mass is 10.1. The Balaban J connectivity index is 1.83. The fourth-order valence-corrected chi connectivity index (χ4v) is 4.10. The summed E-state index contributed by atoms with van der Waals surface area (Å²) in [5.74, 6) is 1.39. The van der Waals surface area contributed by atoms with Crippen LogP contribution in [0.25, 0.3) is 0 Å². The van der Waals surface area contributed by atoms with E-state index in [1.54, 1.807) is 26.2 Å². The van der Waals surface area contributed by atoms with Gasteiger partial charge in [0.15, 0.2) is 11.5 Å². The molecule has 0 aliphatic rings. The third kappa shape index (κ3) is 7.81. The van der Waals surface area contributed by atoms with Gasteiger partial charge in [0.25, 0.3) is 0 Å². The molecule has 31 heavy (non-hydrogen) atoms. The van der Waals surface area contributed by atoms with E-state index in [2.05, 4.69) is 18.3 Å². The molecule has 0 aliphatic carbocycles.